The van der Waals surface area contributed by atoms with Gasteiger partial charge in [0.2, 0.25) is 0 Å². The maximum absolute atomic E-state index is 6.23. The molecular weight excluding hydrogens is 316 g/mol. The molecule has 0 unspecified atom stereocenters. The summed E-state index contributed by atoms with van der Waals surface area (Å²) in [5.41, 5.74) is 4.05. The summed E-state index contributed by atoms with van der Waals surface area (Å²) in [6.45, 7) is 0. The zero-order valence-electron chi connectivity index (χ0n) is 12.8. The maximum atomic E-state index is 6.23. The molecule has 1 nitrogen and oxygen atoms in total. The van der Waals surface area contributed by atoms with Crippen molar-refractivity contribution < 1.29 is 4.42 Å². The molecule has 2 heteroatoms. The molecule has 0 saturated carbocycles. The monoisotopic (exact) mass is 328 g/mol. The molecule has 0 radical (unpaired) electrons. The number of halogens is 1. The van der Waals surface area contributed by atoms with Gasteiger partial charge in [0, 0.05) is 21.2 Å². The van der Waals surface area contributed by atoms with Crippen LogP contribution in [0.25, 0.3) is 43.8 Å². The Balaban J connectivity index is 1.81. The Labute approximate surface area is 144 Å². The predicted octanol–water partition coefficient (Wildman–Crippen LogP) is 7.06. The van der Waals surface area contributed by atoms with Gasteiger partial charge in [0.15, 0.2) is 0 Å². The SMILES string of the molecule is Clc1cccc(-c2ccc3c(c2)oc2c4ccccc4ccc32)c1. The molecule has 0 aliphatic heterocycles. The van der Waals surface area contributed by atoms with E-state index in [1.807, 2.05) is 30.3 Å². The Morgan fingerprint density at radius 1 is 0.625 bits per heavy atom. The molecule has 0 aliphatic rings. The van der Waals surface area contributed by atoms with E-state index < -0.39 is 0 Å². The van der Waals surface area contributed by atoms with Crippen molar-refractivity contribution in [3.05, 3.63) is 83.9 Å². The first-order valence-corrected chi connectivity index (χ1v) is 8.27. The topological polar surface area (TPSA) is 13.1 Å². The molecule has 0 amide bonds. The van der Waals surface area contributed by atoms with Gasteiger partial charge in [0.25, 0.3) is 0 Å². The summed E-state index contributed by atoms with van der Waals surface area (Å²) < 4.78 is 6.23. The van der Waals surface area contributed by atoms with Crippen molar-refractivity contribution in [2.75, 3.05) is 0 Å². The highest BCUT2D eigenvalue weighted by atomic mass is 35.5. The third-order valence-electron chi connectivity index (χ3n) is 4.52. The number of fused-ring (bicyclic) bond motifs is 5. The van der Waals surface area contributed by atoms with Crippen molar-refractivity contribution in [2.24, 2.45) is 0 Å². The van der Waals surface area contributed by atoms with Crippen molar-refractivity contribution in [1.82, 2.24) is 0 Å². The Bertz CT molecular complexity index is 1220. The van der Waals surface area contributed by atoms with Crippen LogP contribution in [-0.4, -0.2) is 0 Å². The van der Waals surface area contributed by atoms with Crippen molar-refractivity contribution >= 4 is 44.3 Å². The summed E-state index contributed by atoms with van der Waals surface area (Å²) in [6.07, 6.45) is 0. The van der Waals surface area contributed by atoms with Crippen LogP contribution in [-0.2, 0) is 0 Å². The molecule has 1 aromatic heterocycles. The van der Waals surface area contributed by atoms with E-state index in [0.29, 0.717) is 0 Å². The van der Waals surface area contributed by atoms with E-state index in [1.54, 1.807) is 0 Å². The molecule has 0 fully saturated rings. The smallest absolute Gasteiger partial charge is 0.143 e. The second-order valence-corrected chi connectivity index (χ2v) is 6.42. The van der Waals surface area contributed by atoms with Gasteiger partial charge in [-0.1, -0.05) is 60.1 Å². The van der Waals surface area contributed by atoms with E-state index in [1.165, 1.54) is 5.39 Å². The second-order valence-electron chi connectivity index (χ2n) is 5.99. The van der Waals surface area contributed by atoms with Crippen LogP contribution in [0.5, 0.6) is 0 Å². The Hall–Kier alpha value is -2.77. The van der Waals surface area contributed by atoms with E-state index >= 15 is 0 Å². The molecular formula is C22H13ClO. The van der Waals surface area contributed by atoms with Crippen LogP contribution in [0, 0.1) is 0 Å². The van der Waals surface area contributed by atoms with Gasteiger partial charge in [-0.05, 0) is 46.8 Å². The molecule has 4 aromatic carbocycles. The van der Waals surface area contributed by atoms with Gasteiger partial charge in [-0.25, -0.2) is 0 Å². The largest absolute Gasteiger partial charge is 0.455 e. The second kappa shape index (κ2) is 5.12. The first-order chi connectivity index (χ1) is 11.8. The fraction of sp³-hybridized carbons (Fsp3) is 0. The molecule has 5 aromatic rings. The van der Waals surface area contributed by atoms with Crippen molar-refractivity contribution in [3.8, 4) is 11.1 Å². The average Bonchev–Trinajstić information content (AvgIpc) is 3.00. The van der Waals surface area contributed by atoms with E-state index in [4.69, 9.17) is 16.0 Å². The molecule has 24 heavy (non-hydrogen) atoms. The summed E-state index contributed by atoms with van der Waals surface area (Å²) in [7, 11) is 0. The molecule has 0 saturated heterocycles. The lowest BCUT2D eigenvalue weighted by molar-refractivity contribution is 0.673. The van der Waals surface area contributed by atoms with Crippen LogP contribution in [0.4, 0.5) is 0 Å². The fourth-order valence-electron chi connectivity index (χ4n) is 3.35. The van der Waals surface area contributed by atoms with Crippen molar-refractivity contribution in [3.63, 3.8) is 0 Å². The third-order valence-corrected chi connectivity index (χ3v) is 4.76. The van der Waals surface area contributed by atoms with Gasteiger partial charge in [-0.2, -0.15) is 0 Å². The fourth-order valence-corrected chi connectivity index (χ4v) is 3.54. The number of furan rings is 1. The van der Waals surface area contributed by atoms with E-state index in [0.717, 1.165) is 43.5 Å². The lowest BCUT2D eigenvalue weighted by atomic mass is 10.0. The quantitative estimate of drug-likeness (QED) is 0.321. The number of rotatable bonds is 1. The first-order valence-electron chi connectivity index (χ1n) is 7.89. The Morgan fingerprint density at radius 3 is 2.38 bits per heavy atom. The van der Waals surface area contributed by atoms with Gasteiger partial charge in [-0.3, -0.25) is 0 Å². The minimum absolute atomic E-state index is 0.739. The van der Waals surface area contributed by atoms with Gasteiger partial charge in [-0.15, -0.1) is 0 Å². The highest BCUT2D eigenvalue weighted by Gasteiger charge is 2.11. The first kappa shape index (κ1) is 13.6. The molecule has 5 rings (SSSR count). The Morgan fingerprint density at radius 2 is 1.46 bits per heavy atom. The Kier molecular flexibility index (Phi) is 2.91. The molecule has 1 heterocycles. The van der Waals surface area contributed by atoms with Crippen LogP contribution in [0.1, 0.15) is 0 Å². The normalized spacial score (nSPS) is 11.5. The summed E-state index contributed by atoms with van der Waals surface area (Å²) >= 11 is 6.12. The molecule has 0 spiro atoms. The number of benzene rings is 4. The summed E-state index contributed by atoms with van der Waals surface area (Å²) in [5, 5.41) is 5.38. The average molecular weight is 329 g/mol. The molecule has 0 atom stereocenters. The molecule has 0 aliphatic carbocycles. The molecule has 0 bridgehead atoms. The predicted molar refractivity (Wildman–Crippen MR) is 102 cm³/mol. The van der Waals surface area contributed by atoms with Crippen LogP contribution >= 0.6 is 11.6 Å². The lowest BCUT2D eigenvalue weighted by Crippen LogP contribution is -1.77. The number of hydrogen-bond donors (Lipinski definition) is 0. The molecule has 114 valence electrons. The van der Waals surface area contributed by atoms with Crippen LogP contribution in [0.15, 0.2) is 83.3 Å². The van der Waals surface area contributed by atoms with Crippen molar-refractivity contribution in [2.45, 2.75) is 0 Å². The minimum Gasteiger partial charge on any atom is -0.455 e. The standard InChI is InChI=1S/C22H13ClO/c23-17-6-3-5-15(12-17)16-9-10-19-20-11-8-14-4-1-2-7-18(14)22(20)24-21(19)13-16/h1-13H. The summed E-state index contributed by atoms with van der Waals surface area (Å²) in [5.74, 6) is 0. The number of hydrogen-bond acceptors (Lipinski definition) is 1. The van der Waals surface area contributed by atoms with Crippen LogP contribution < -0.4 is 0 Å². The third kappa shape index (κ3) is 2.02. The van der Waals surface area contributed by atoms with Crippen molar-refractivity contribution in [1.29, 1.82) is 0 Å². The maximum Gasteiger partial charge on any atom is 0.143 e. The molecule has 0 N–H and O–H groups in total. The summed E-state index contributed by atoms with van der Waals surface area (Å²) in [6, 6.07) is 26.8. The zero-order valence-corrected chi connectivity index (χ0v) is 13.5. The summed E-state index contributed by atoms with van der Waals surface area (Å²) in [4.78, 5) is 0. The highest BCUT2D eigenvalue weighted by molar-refractivity contribution is 6.30. The van der Waals surface area contributed by atoms with Gasteiger partial charge in [0.1, 0.15) is 11.2 Å². The highest BCUT2D eigenvalue weighted by Crippen LogP contribution is 2.36. The van der Waals surface area contributed by atoms with Gasteiger partial charge in [0.05, 0.1) is 0 Å². The van der Waals surface area contributed by atoms with E-state index in [2.05, 4.69) is 48.5 Å². The van der Waals surface area contributed by atoms with Gasteiger partial charge >= 0.3 is 0 Å². The van der Waals surface area contributed by atoms with E-state index in [9.17, 15) is 0 Å². The zero-order chi connectivity index (χ0) is 16.1. The van der Waals surface area contributed by atoms with Gasteiger partial charge < -0.3 is 4.42 Å². The minimum atomic E-state index is 0.739. The van der Waals surface area contributed by atoms with E-state index in [-0.39, 0.29) is 0 Å². The van der Waals surface area contributed by atoms with Crippen LogP contribution in [0.2, 0.25) is 5.02 Å². The van der Waals surface area contributed by atoms with Crippen LogP contribution in [0.3, 0.4) is 0 Å². The lowest BCUT2D eigenvalue weighted by Gasteiger charge is -2.02.